The average Bonchev–Trinajstić information content (AvgIpc) is 2.85. The molecule has 2 N–H and O–H groups in total. The molecule has 1 aliphatic carbocycles. The lowest BCUT2D eigenvalue weighted by Gasteiger charge is -2.41. The molecule has 1 aliphatic rings. The lowest BCUT2D eigenvalue weighted by molar-refractivity contribution is -0.384. The van der Waals surface area contributed by atoms with Crippen LogP contribution in [-0.2, 0) is 16.8 Å². The molecule has 1 aromatic heterocycles. The van der Waals surface area contributed by atoms with Crippen LogP contribution in [0.15, 0.2) is 47.2 Å². The Labute approximate surface area is 244 Å². The van der Waals surface area contributed by atoms with E-state index in [1.807, 2.05) is 0 Å². The molecule has 10 nitrogen and oxygen atoms in total. The van der Waals surface area contributed by atoms with Crippen LogP contribution in [0.5, 0.6) is 5.75 Å². The highest BCUT2D eigenvalue weighted by atomic mass is 79.9. The van der Waals surface area contributed by atoms with E-state index in [2.05, 4.69) is 41.3 Å². The van der Waals surface area contributed by atoms with Gasteiger partial charge in [0.05, 0.1) is 4.92 Å². The number of amides is 1. The molecule has 0 unspecified atom stereocenters. The Hall–Kier alpha value is -3.87. The van der Waals surface area contributed by atoms with Crippen LogP contribution in [0.2, 0.25) is 0 Å². The van der Waals surface area contributed by atoms with Gasteiger partial charge in [-0.25, -0.2) is 14.8 Å². The van der Waals surface area contributed by atoms with Crippen molar-refractivity contribution < 1.29 is 28.0 Å². The first-order chi connectivity index (χ1) is 19.3. The minimum atomic E-state index is -3.02. The molecule has 41 heavy (non-hydrogen) atoms. The third kappa shape index (κ3) is 7.07. The van der Waals surface area contributed by atoms with Gasteiger partial charge in [-0.3, -0.25) is 10.1 Å². The third-order valence-electron chi connectivity index (χ3n) is 6.63. The van der Waals surface area contributed by atoms with E-state index in [0.717, 1.165) is 6.42 Å². The molecule has 1 fully saturated rings. The monoisotopic (exact) mass is 633 g/mol. The molecule has 0 atom stereocenters. The molecule has 13 heteroatoms. The lowest BCUT2D eigenvalue weighted by Crippen LogP contribution is -2.53. The number of rotatable bonds is 9. The summed E-state index contributed by atoms with van der Waals surface area (Å²) in [6, 6.07) is 7.65. The molecule has 0 spiro atoms. The van der Waals surface area contributed by atoms with Crippen molar-refractivity contribution >= 4 is 33.4 Å². The fraction of sp³-hybridized carbons (Fsp3) is 0.393. The van der Waals surface area contributed by atoms with Crippen LogP contribution in [0, 0.1) is 17.0 Å². The Morgan fingerprint density at radius 1 is 1.22 bits per heavy atom. The number of hydrogen-bond donors (Lipinski definition) is 2. The lowest BCUT2D eigenvalue weighted by atomic mass is 9.76. The average molecular weight is 634 g/mol. The van der Waals surface area contributed by atoms with Crippen molar-refractivity contribution in [1.82, 2.24) is 15.3 Å². The number of benzene rings is 2. The van der Waals surface area contributed by atoms with Gasteiger partial charge in [-0.1, -0.05) is 22.0 Å². The predicted octanol–water partition coefficient (Wildman–Crippen LogP) is 7.24. The second kappa shape index (κ2) is 11.9. The van der Waals surface area contributed by atoms with Crippen LogP contribution in [0.1, 0.15) is 57.0 Å². The quantitative estimate of drug-likeness (QED) is 0.186. The summed E-state index contributed by atoms with van der Waals surface area (Å²) in [6.07, 6.45) is 4.92. The molecule has 0 bridgehead atoms. The summed E-state index contributed by atoms with van der Waals surface area (Å²) >= 11 is 3.33. The van der Waals surface area contributed by atoms with Crippen molar-refractivity contribution in [2.45, 2.75) is 71.3 Å². The Morgan fingerprint density at radius 3 is 2.46 bits per heavy atom. The molecule has 0 radical (unpaired) electrons. The summed E-state index contributed by atoms with van der Waals surface area (Å²) in [4.78, 5) is 32.9. The van der Waals surface area contributed by atoms with Crippen LogP contribution in [0.4, 0.5) is 25.0 Å². The first-order valence-electron chi connectivity index (χ1n) is 12.9. The molecular weight excluding hydrogens is 604 g/mol. The number of alkyl carbamates (subject to hydrolysis) is 1. The third-order valence-corrected chi connectivity index (χ3v) is 7.37. The maximum Gasteiger partial charge on any atom is 0.408 e. The second-order valence-corrected chi connectivity index (χ2v) is 11.6. The number of nitrogens with one attached hydrogen (secondary N) is 2. The Kier molecular flexibility index (Phi) is 8.76. The number of halogens is 3. The Balaban J connectivity index is 1.61. The van der Waals surface area contributed by atoms with Crippen LogP contribution in [0.3, 0.4) is 0 Å². The van der Waals surface area contributed by atoms with Gasteiger partial charge in [0.15, 0.2) is 5.82 Å². The molecule has 2 aromatic carbocycles. The minimum Gasteiger partial charge on any atom is -0.444 e. The molecular formula is C28H30BrF2N5O5. The first kappa shape index (κ1) is 30.1. The molecule has 3 aromatic rings. The molecule has 1 heterocycles. The number of carbonyl (C=O) groups is 1. The molecule has 4 rings (SSSR count). The fourth-order valence-corrected chi connectivity index (χ4v) is 5.03. The normalized spacial score (nSPS) is 14.2. The topological polar surface area (TPSA) is 129 Å². The minimum absolute atomic E-state index is 0.0267. The summed E-state index contributed by atoms with van der Waals surface area (Å²) in [5.74, 6) is 0.405. The van der Waals surface area contributed by atoms with Gasteiger partial charge in [-0.2, -0.15) is 8.78 Å². The number of nitro groups is 1. The fourth-order valence-electron chi connectivity index (χ4n) is 4.54. The zero-order valence-electron chi connectivity index (χ0n) is 23.0. The van der Waals surface area contributed by atoms with Gasteiger partial charge in [0, 0.05) is 40.6 Å². The number of nitro benzene ring substituents is 1. The van der Waals surface area contributed by atoms with E-state index in [4.69, 9.17) is 4.74 Å². The van der Waals surface area contributed by atoms with E-state index in [9.17, 15) is 23.7 Å². The standard InChI is InChI=1S/C28H30BrF2N5O5/c1-16-11-22(36(38)39)21(32-15-19-20(29)7-5-8-23(19)40-25(30)31)12-18(16)17-13-33-24(34-14-17)28(9-6-10-28)35-26(37)41-27(2,3)4/h5,7-8,11-14,25,32H,6,9-10,15H2,1-4H3,(H,35,37). The van der Waals surface area contributed by atoms with Crippen molar-refractivity contribution in [3.63, 3.8) is 0 Å². The highest BCUT2D eigenvalue weighted by Gasteiger charge is 2.43. The van der Waals surface area contributed by atoms with E-state index in [-0.39, 0.29) is 23.7 Å². The number of ether oxygens (including phenoxy) is 2. The van der Waals surface area contributed by atoms with E-state index in [1.165, 1.54) is 12.1 Å². The van der Waals surface area contributed by atoms with E-state index in [1.54, 1.807) is 58.3 Å². The summed E-state index contributed by atoms with van der Waals surface area (Å²) in [6.45, 7) is 4.05. The molecule has 1 amide bonds. The van der Waals surface area contributed by atoms with Gasteiger partial charge in [0.2, 0.25) is 0 Å². The summed E-state index contributed by atoms with van der Waals surface area (Å²) in [5.41, 5.74) is 0.878. The largest absolute Gasteiger partial charge is 0.444 e. The maximum atomic E-state index is 12.9. The van der Waals surface area contributed by atoms with E-state index in [0.29, 0.717) is 45.4 Å². The van der Waals surface area contributed by atoms with Crippen molar-refractivity contribution in [1.29, 1.82) is 0 Å². The highest BCUT2D eigenvalue weighted by Crippen LogP contribution is 2.41. The summed E-state index contributed by atoms with van der Waals surface area (Å²) < 4.78 is 36.4. The number of alkyl halides is 2. The zero-order chi connectivity index (χ0) is 29.9. The zero-order valence-corrected chi connectivity index (χ0v) is 24.6. The van der Waals surface area contributed by atoms with Gasteiger partial charge >= 0.3 is 12.7 Å². The van der Waals surface area contributed by atoms with Crippen molar-refractivity contribution in [3.8, 4) is 16.9 Å². The van der Waals surface area contributed by atoms with E-state index >= 15 is 0 Å². The molecule has 0 aliphatic heterocycles. The van der Waals surface area contributed by atoms with Crippen LogP contribution < -0.4 is 15.4 Å². The van der Waals surface area contributed by atoms with E-state index < -0.39 is 28.8 Å². The number of anilines is 1. The first-order valence-corrected chi connectivity index (χ1v) is 13.7. The van der Waals surface area contributed by atoms with Gasteiger partial charge in [0.1, 0.15) is 22.6 Å². The molecule has 1 saturated carbocycles. The number of carbonyl (C=O) groups excluding carboxylic acids is 1. The number of aryl methyl sites for hydroxylation is 1. The molecule has 0 saturated heterocycles. The van der Waals surface area contributed by atoms with Gasteiger partial charge in [-0.05, 0) is 76.3 Å². The number of hydrogen-bond acceptors (Lipinski definition) is 8. The number of nitrogens with zero attached hydrogens (tertiary/aromatic N) is 3. The predicted molar refractivity (Wildman–Crippen MR) is 152 cm³/mol. The van der Waals surface area contributed by atoms with Crippen LogP contribution in [0.25, 0.3) is 11.1 Å². The van der Waals surface area contributed by atoms with Crippen LogP contribution in [-0.4, -0.2) is 33.2 Å². The maximum absolute atomic E-state index is 12.9. The summed E-state index contributed by atoms with van der Waals surface area (Å²) in [5, 5.41) is 17.8. The van der Waals surface area contributed by atoms with Gasteiger partial charge in [0.25, 0.3) is 5.69 Å². The Morgan fingerprint density at radius 2 is 1.90 bits per heavy atom. The number of aromatic nitrogens is 2. The van der Waals surface area contributed by atoms with Crippen molar-refractivity contribution in [3.05, 3.63) is 74.3 Å². The Bertz CT molecular complexity index is 1440. The van der Waals surface area contributed by atoms with Gasteiger partial charge < -0.3 is 20.1 Å². The van der Waals surface area contributed by atoms with Crippen molar-refractivity contribution in [2.75, 3.05) is 5.32 Å². The molecule has 218 valence electrons. The van der Waals surface area contributed by atoms with Crippen LogP contribution >= 0.6 is 15.9 Å². The van der Waals surface area contributed by atoms with Crippen molar-refractivity contribution in [2.24, 2.45) is 0 Å². The highest BCUT2D eigenvalue weighted by molar-refractivity contribution is 9.10. The second-order valence-electron chi connectivity index (χ2n) is 10.7. The SMILES string of the molecule is Cc1cc([N+](=O)[O-])c(NCc2c(Br)cccc2OC(F)F)cc1-c1cnc(C2(NC(=O)OC(C)(C)C)CCC2)nc1. The van der Waals surface area contributed by atoms with Gasteiger partial charge in [-0.15, -0.1) is 0 Å². The smallest absolute Gasteiger partial charge is 0.408 e. The summed E-state index contributed by atoms with van der Waals surface area (Å²) in [7, 11) is 0.